The van der Waals surface area contributed by atoms with E-state index in [2.05, 4.69) is 16.5 Å². The Hall–Kier alpha value is -0.990. The molecule has 0 aliphatic carbocycles. The van der Waals surface area contributed by atoms with E-state index in [1.165, 1.54) is 51.4 Å². The zero-order valence-corrected chi connectivity index (χ0v) is 11.4. The fraction of sp³-hybridized carbons (Fsp3) is 0.786. The monoisotopic (exact) mass is 237 g/mol. The van der Waals surface area contributed by atoms with Gasteiger partial charge in [-0.05, 0) is 13.3 Å². The SMILES string of the molecule is CCCCCCCCCCn1cc(C)nc1N. The van der Waals surface area contributed by atoms with Gasteiger partial charge in [-0.3, -0.25) is 0 Å². The van der Waals surface area contributed by atoms with Crippen molar-refractivity contribution in [3.63, 3.8) is 0 Å². The van der Waals surface area contributed by atoms with Crippen LogP contribution in [-0.2, 0) is 6.54 Å². The van der Waals surface area contributed by atoms with E-state index in [-0.39, 0.29) is 0 Å². The Balaban J connectivity index is 1.99. The lowest BCUT2D eigenvalue weighted by Gasteiger charge is -2.04. The number of nitrogen functional groups attached to an aromatic ring is 1. The first kappa shape index (κ1) is 14.1. The maximum absolute atomic E-state index is 5.79. The van der Waals surface area contributed by atoms with Crippen LogP contribution in [0.3, 0.4) is 0 Å². The van der Waals surface area contributed by atoms with Gasteiger partial charge in [-0.25, -0.2) is 4.98 Å². The highest BCUT2D eigenvalue weighted by Gasteiger charge is 2.00. The highest BCUT2D eigenvalue weighted by Crippen LogP contribution is 2.10. The first-order valence-corrected chi connectivity index (χ1v) is 7.03. The fourth-order valence-corrected chi connectivity index (χ4v) is 2.16. The number of unbranched alkanes of at least 4 members (excludes halogenated alkanes) is 7. The Bertz CT molecular complexity index is 304. The summed E-state index contributed by atoms with van der Waals surface area (Å²) in [5, 5.41) is 0. The lowest BCUT2D eigenvalue weighted by molar-refractivity contribution is 0.546. The van der Waals surface area contributed by atoms with Crippen LogP contribution in [0.2, 0.25) is 0 Å². The van der Waals surface area contributed by atoms with Gasteiger partial charge in [-0.15, -0.1) is 0 Å². The number of anilines is 1. The molecule has 0 amide bonds. The number of nitrogens with two attached hydrogens (primary N) is 1. The van der Waals surface area contributed by atoms with Crippen LogP contribution in [-0.4, -0.2) is 9.55 Å². The molecule has 1 rings (SSSR count). The lowest BCUT2D eigenvalue weighted by atomic mass is 10.1. The predicted molar refractivity (Wildman–Crippen MR) is 74.0 cm³/mol. The summed E-state index contributed by atoms with van der Waals surface area (Å²) in [5.74, 6) is 0.658. The van der Waals surface area contributed by atoms with Crippen LogP contribution in [0, 0.1) is 6.92 Å². The molecule has 1 heterocycles. The van der Waals surface area contributed by atoms with Crippen molar-refractivity contribution in [1.82, 2.24) is 9.55 Å². The highest BCUT2D eigenvalue weighted by atomic mass is 15.1. The minimum Gasteiger partial charge on any atom is -0.369 e. The predicted octanol–water partition coefficient (Wildman–Crippen LogP) is 3.91. The maximum atomic E-state index is 5.79. The average molecular weight is 237 g/mol. The molecule has 3 heteroatoms. The van der Waals surface area contributed by atoms with Gasteiger partial charge in [-0.1, -0.05) is 51.9 Å². The molecule has 17 heavy (non-hydrogen) atoms. The van der Waals surface area contributed by atoms with Gasteiger partial charge in [0.2, 0.25) is 0 Å². The number of nitrogens with zero attached hydrogens (tertiary/aromatic N) is 2. The zero-order chi connectivity index (χ0) is 12.5. The van der Waals surface area contributed by atoms with Crippen molar-refractivity contribution in [2.24, 2.45) is 0 Å². The average Bonchev–Trinajstić information content (AvgIpc) is 2.61. The molecular weight excluding hydrogens is 210 g/mol. The van der Waals surface area contributed by atoms with Crippen molar-refractivity contribution in [3.05, 3.63) is 11.9 Å². The van der Waals surface area contributed by atoms with Gasteiger partial charge in [0, 0.05) is 12.7 Å². The van der Waals surface area contributed by atoms with Gasteiger partial charge in [0.25, 0.3) is 0 Å². The van der Waals surface area contributed by atoms with E-state index in [0.717, 1.165) is 12.2 Å². The number of hydrogen-bond acceptors (Lipinski definition) is 2. The molecule has 0 radical (unpaired) electrons. The van der Waals surface area contributed by atoms with Gasteiger partial charge < -0.3 is 10.3 Å². The van der Waals surface area contributed by atoms with Crippen LogP contribution in [0.15, 0.2) is 6.20 Å². The van der Waals surface area contributed by atoms with Crippen LogP contribution in [0.4, 0.5) is 5.95 Å². The molecule has 1 aromatic heterocycles. The largest absolute Gasteiger partial charge is 0.369 e. The second kappa shape index (κ2) is 8.15. The molecule has 0 bridgehead atoms. The van der Waals surface area contributed by atoms with Crippen molar-refractivity contribution >= 4 is 5.95 Å². The molecule has 3 nitrogen and oxygen atoms in total. The normalized spacial score (nSPS) is 10.9. The molecule has 0 aliphatic heterocycles. The van der Waals surface area contributed by atoms with E-state index in [1.807, 2.05) is 13.1 Å². The first-order valence-electron chi connectivity index (χ1n) is 7.03. The van der Waals surface area contributed by atoms with E-state index < -0.39 is 0 Å². The Kier molecular flexibility index (Phi) is 6.75. The summed E-state index contributed by atoms with van der Waals surface area (Å²) in [5.41, 5.74) is 6.80. The van der Waals surface area contributed by atoms with E-state index in [4.69, 9.17) is 5.73 Å². The first-order chi connectivity index (χ1) is 8.24. The van der Waals surface area contributed by atoms with Crippen molar-refractivity contribution in [1.29, 1.82) is 0 Å². The second-order valence-electron chi connectivity index (χ2n) is 4.91. The Morgan fingerprint density at radius 1 is 1.06 bits per heavy atom. The number of hydrogen-bond donors (Lipinski definition) is 1. The van der Waals surface area contributed by atoms with Crippen molar-refractivity contribution in [2.45, 2.75) is 71.8 Å². The van der Waals surface area contributed by atoms with Crippen molar-refractivity contribution in [3.8, 4) is 0 Å². The van der Waals surface area contributed by atoms with Gasteiger partial charge >= 0.3 is 0 Å². The molecule has 0 aliphatic rings. The third kappa shape index (κ3) is 5.76. The van der Waals surface area contributed by atoms with E-state index in [1.54, 1.807) is 0 Å². The smallest absolute Gasteiger partial charge is 0.200 e. The summed E-state index contributed by atoms with van der Waals surface area (Å²) >= 11 is 0. The van der Waals surface area contributed by atoms with Gasteiger partial charge in [-0.2, -0.15) is 0 Å². The standard InChI is InChI=1S/C14H27N3/c1-3-4-5-6-7-8-9-10-11-17-12-13(2)16-14(17)15/h12H,3-11H2,1-2H3,(H2,15,16). The molecule has 0 fully saturated rings. The summed E-state index contributed by atoms with van der Waals surface area (Å²) in [6.07, 6.45) is 12.8. The second-order valence-corrected chi connectivity index (χ2v) is 4.91. The lowest BCUT2D eigenvalue weighted by Crippen LogP contribution is -2.02. The van der Waals surface area contributed by atoms with Crippen LogP contribution in [0.25, 0.3) is 0 Å². The molecule has 0 saturated carbocycles. The van der Waals surface area contributed by atoms with Gasteiger partial charge in [0.05, 0.1) is 5.69 Å². The molecule has 1 aromatic rings. The quantitative estimate of drug-likeness (QED) is 0.662. The van der Waals surface area contributed by atoms with E-state index >= 15 is 0 Å². The zero-order valence-electron chi connectivity index (χ0n) is 11.4. The highest BCUT2D eigenvalue weighted by molar-refractivity contribution is 5.20. The minimum atomic E-state index is 0.658. The molecule has 98 valence electrons. The molecule has 2 N–H and O–H groups in total. The number of rotatable bonds is 9. The third-order valence-electron chi connectivity index (χ3n) is 3.18. The number of aromatic nitrogens is 2. The van der Waals surface area contributed by atoms with Crippen LogP contribution in [0.1, 0.15) is 64.0 Å². The Morgan fingerprint density at radius 2 is 1.65 bits per heavy atom. The summed E-state index contributed by atoms with van der Waals surface area (Å²) in [4.78, 5) is 4.20. The molecule has 0 spiro atoms. The van der Waals surface area contributed by atoms with E-state index in [9.17, 15) is 0 Å². The van der Waals surface area contributed by atoms with Crippen LogP contribution >= 0.6 is 0 Å². The topological polar surface area (TPSA) is 43.8 Å². The van der Waals surface area contributed by atoms with Gasteiger partial charge in [0.15, 0.2) is 5.95 Å². The fourth-order valence-electron chi connectivity index (χ4n) is 2.16. The van der Waals surface area contributed by atoms with Crippen LogP contribution < -0.4 is 5.73 Å². The number of aryl methyl sites for hydroxylation is 2. The summed E-state index contributed by atoms with van der Waals surface area (Å²) < 4.78 is 2.06. The van der Waals surface area contributed by atoms with E-state index in [0.29, 0.717) is 5.95 Å². The minimum absolute atomic E-state index is 0.658. The summed E-state index contributed by atoms with van der Waals surface area (Å²) in [6.45, 7) is 5.26. The van der Waals surface area contributed by atoms with Crippen molar-refractivity contribution in [2.75, 3.05) is 5.73 Å². The third-order valence-corrected chi connectivity index (χ3v) is 3.18. The Labute approximate surface area is 105 Å². The molecule has 0 aromatic carbocycles. The maximum Gasteiger partial charge on any atom is 0.200 e. The molecular formula is C14H27N3. The van der Waals surface area contributed by atoms with Crippen molar-refractivity contribution < 1.29 is 0 Å². The number of imidazole rings is 1. The van der Waals surface area contributed by atoms with Gasteiger partial charge in [0.1, 0.15) is 0 Å². The van der Waals surface area contributed by atoms with Crippen LogP contribution in [0.5, 0.6) is 0 Å². The molecule has 0 atom stereocenters. The Morgan fingerprint density at radius 3 is 2.18 bits per heavy atom. The molecule has 0 saturated heterocycles. The summed E-state index contributed by atoms with van der Waals surface area (Å²) in [7, 11) is 0. The molecule has 0 unspecified atom stereocenters. The summed E-state index contributed by atoms with van der Waals surface area (Å²) in [6, 6.07) is 0.